The Morgan fingerprint density at radius 2 is 1.65 bits per heavy atom. The Kier molecular flexibility index (Phi) is 6.83. The molecule has 4 aromatic rings. The number of carbonyl (C=O) groups excluding carboxylic acids is 1. The molecule has 3 heterocycles. The molecule has 0 atom stereocenters. The predicted octanol–water partition coefficient (Wildman–Crippen LogP) is 3.83. The van der Waals surface area contributed by atoms with Gasteiger partial charge in [-0.05, 0) is 42.4 Å². The van der Waals surface area contributed by atoms with Crippen LogP contribution in [-0.2, 0) is 17.9 Å². The molecule has 0 radical (unpaired) electrons. The third-order valence-electron chi connectivity index (χ3n) is 7.77. The smallest absolute Gasteiger partial charge is 0.335 e. The van der Waals surface area contributed by atoms with Crippen molar-refractivity contribution < 1.29 is 19.8 Å². The molecule has 3 N–H and O–H groups in total. The van der Waals surface area contributed by atoms with E-state index in [1.165, 1.54) is 12.1 Å². The summed E-state index contributed by atoms with van der Waals surface area (Å²) in [5, 5.41) is 21.0. The van der Waals surface area contributed by atoms with Gasteiger partial charge in [-0.25, -0.2) is 9.79 Å². The number of aromatic carboxylic acids is 1. The lowest BCUT2D eigenvalue weighted by Crippen LogP contribution is -2.48. The minimum atomic E-state index is -1.04. The average Bonchev–Trinajstić information content (AvgIpc) is 3.53. The number of aromatic amines is 1. The number of fused-ring (bicyclic) bond motifs is 2. The number of aromatic nitrogens is 1. The summed E-state index contributed by atoms with van der Waals surface area (Å²) in [6.07, 6.45) is 0. The summed E-state index contributed by atoms with van der Waals surface area (Å²) in [5.41, 5.74) is 5.41. The number of carboxylic acids is 1. The standard InChI is InChI=1S/C31H31N5O4/c1-34-11-13-35(14-12-34)19-27(37)36-17-22-7-9-24(15-23(22)18-36)32-29(20-5-3-2-4-6-20)28-25-10-8-21(31(39)40)16-26(25)33-30(28)38/h2-10,15-16,33,38H,11-14,17-19H2,1H3,(H,39,40). The summed E-state index contributed by atoms with van der Waals surface area (Å²) in [7, 11) is 2.11. The summed E-state index contributed by atoms with van der Waals surface area (Å²) < 4.78 is 0. The fraction of sp³-hybridized carbons (Fsp3) is 0.258. The number of nitrogens with one attached hydrogen (secondary N) is 1. The lowest BCUT2D eigenvalue weighted by atomic mass is 10.00. The zero-order valence-corrected chi connectivity index (χ0v) is 22.3. The van der Waals surface area contributed by atoms with Gasteiger partial charge in [0.2, 0.25) is 5.91 Å². The number of hydrogen-bond donors (Lipinski definition) is 3. The Hall–Kier alpha value is -4.47. The monoisotopic (exact) mass is 537 g/mol. The topological polar surface area (TPSA) is 112 Å². The molecule has 6 rings (SSSR count). The molecule has 0 spiro atoms. The molecule has 9 nitrogen and oxygen atoms in total. The van der Waals surface area contributed by atoms with E-state index in [1.807, 2.05) is 53.4 Å². The molecule has 3 aromatic carbocycles. The van der Waals surface area contributed by atoms with Crippen LogP contribution in [-0.4, -0.2) is 87.3 Å². The number of piperazine rings is 1. The summed E-state index contributed by atoms with van der Waals surface area (Å²) in [6, 6.07) is 20.3. The number of H-pyrrole nitrogens is 1. The van der Waals surface area contributed by atoms with Crippen molar-refractivity contribution in [1.29, 1.82) is 0 Å². The first-order valence-corrected chi connectivity index (χ1v) is 13.4. The fourth-order valence-corrected chi connectivity index (χ4v) is 5.47. The molecule has 1 saturated heterocycles. The number of hydrogen-bond acceptors (Lipinski definition) is 6. The lowest BCUT2D eigenvalue weighted by molar-refractivity contribution is -0.133. The summed E-state index contributed by atoms with van der Waals surface area (Å²) in [5.74, 6) is -0.981. The van der Waals surface area contributed by atoms with Crippen molar-refractivity contribution in [1.82, 2.24) is 19.7 Å². The molecule has 2 aliphatic heterocycles. The van der Waals surface area contributed by atoms with Gasteiger partial charge in [-0.1, -0.05) is 42.5 Å². The molecule has 0 aliphatic carbocycles. The second kappa shape index (κ2) is 10.6. The molecule has 204 valence electrons. The van der Waals surface area contributed by atoms with Crippen LogP contribution in [0.1, 0.15) is 32.6 Å². The number of benzene rings is 3. The first-order chi connectivity index (χ1) is 19.4. The van der Waals surface area contributed by atoms with Crippen molar-refractivity contribution in [2.75, 3.05) is 39.8 Å². The van der Waals surface area contributed by atoms with E-state index in [9.17, 15) is 19.8 Å². The highest BCUT2D eigenvalue weighted by molar-refractivity contribution is 6.22. The van der Waals surface area contributed by atoms with Gasteiger partial charge < -0.3 is 25.0 Å². The molecule has 0 unspecified atom stereocenters. The second-order valence-electron chi connectivity index (χ2n) is 10.5. The molecule has 1 fully saturated rings. The molecule has 0 saturated carbocycles. The fourth-order valence-electron chi connectivity index (χ4n) is 5.47. The summed E-state index contributed by atoms with van der Waals surface area (Å²) in [6.45, 7) is 5.34. The van der Waals surface area contributed by atoms with Gasteiger partial charge in [-0.3, -0.25) is 9.69 Å². The molecule has 0 bridgehead atoms. The van der Waals surface area contributed by atoms with Gasteiger partial charge in [-0.15, -0.1) is 0 Å². The number of likely N-dealkylation sites (N-methyl/N-ethyl adjacent to an activating group) is 1. The van der Waals surface area contributed by atoms with Crippen molar-refractivity contribution >= 4 is 34.2 Å². The van der Waals surface area contributed by atoms with Gasteiger partial charge in [-0.2, -0.15) is 0 Å². The van der Waals surface area contributed by atoms with E-state index in [0.717, 1.165) is 42.9 Å². The number of rotatable bonds is 6. The van der Waals surface area contributed by atoms with E-state index in [4.69, 9.17) is 4.99 Å². The zero-order valence-electron chi connectivity index (χ0n) is 22.3. The Balaban J connectivity index is 1.31. The van der Waals surface area contributed by atoms with Gasteiger partial charge in [0.25, 0.3) is 0 Å². The number of aliphatic imine (C=N–C) groups is 1. The van der Waals surface area contributed by atoms with Crippen molar-refractivity contribution in [2.24, 2.45) is 4.99 Å². The van der Waals surface area contributed by atoms with Crippen LogP contribution in [0.3, 0.4) is 0 Å². The van der Waals surface area contributed by atoms with Crippen molar-refractivity contribution in [3.8, 4) is 5.88 Å². The number of carboxylic acid groups (broad SMARTS) is 1. The molecule has 1 aromatic heterocycles. The van der Waals surface area contributed by atoms with E-state index in [0.29, 0.717) is 47.5 Å². The van der Waals surface area contributed by atoms with Crippen molar-refractivity contribution in [2.45, 2.75) is 13.1 Å². The zero-order chi connectivity index (χ0) is 27.8. The minimum absolute atomic E-state index is 0.0815. The Labute approximate surface area is 232 Å². The maximum absolute atomic E-state index is 13.1. The summed E-state index contributed by atoms with van der Waals surface area (Å²) >= 11 is 0. The Morgan fingerprint density at radius 1 is 0.900 bits per heavy atom. The van der Waals surface area contributed by atoms with Crippen LogP contribution >= 0.6 is 0 Å². The van der Waals surface area contributed by atoms with Gasteiger partial charge >= 0.3 is 5.97 Å². The number of aromatic hydroxyl groups is 1. The van der Waals surface area contributed by atoms with Crippen LogP contribution in [0.2, 0.25) is 0 Å². The van der Waals surface area contributed by atoms with Gasteiger partial charge in [0, 0.05) is 55.7 Å². The molecule has 9 heteroatoms. The first kappa shape index (κ1) is 25.8. The molecular formula is C31H31N5O4. The van der Waals surface area contributed by atoms with Gasteiger partial charge in [0.05, 0.1) is 29.1 Å². The summed E-state index contributed by atoms with van der Waals surface area (Å²) in [4.78, 5) is 38.9. The highest BCUT2D eigenvalue weighted by atomic mass is 16.4. The molecular weight excluding hydrogens is 506 g/mol. The van der Waals surface area contributed by atoms with Crippen LogP contribution in [0.5, 0.6) is 5.88 Å². The highest BCUT2D eigenvalue weighted by Gasteiger charge is 2.26. The van der Waals surface area contributed by atoms with Gasteiger partial charge in [0.1, 0.15) is 0 Å². The molecule has 40 heavy (non-hydrogen) atoms. The highest BCUT2D eigenvalue weighted by Crippen LogP contribution is 2.33. The van der Waals surface area contributed by atoms with Crippen molar-refractivity contribution in [3.63, 3.8) is 0 Å². The van der Waals surface area contributed by atoms with E-state index < -0.39 is 5.97 Å². The maximum Gasteiger partial charge on any atom is 0.335 e. The lowest BCUT2D eigenvalue weighted by Gasteiger charge is -2.32. The Morgan fingerprint density at radius 3 is 2.40 bits per heavy atom. The minimum Gasteiger partial charge on any atom is -0.494 e. The number of nitrogens with zero attached hydrogens (tertiary/aromatic N) is 4. The van der Waals surface area contributed by atoms with E-state index in [1.54, 1.807) is 6.07 Å². The molecule has 2 aliphatic rings. The van der Waals surface area contributed by atoms with Crippen LogP contribution in [0.25, 0.3) is 10.9 Å². The quantitative estimate of drug-likeness (QED) is 0.322. The third-order valence-corrected chi connectivity index (χ3v) is 7.77. The van der Waals surface area contributed by atoms with Crippen LogP contribution < -0.4 is 0 Å². The van der Waals surface area contributed by atoms with Crippen LogP contribution in [0, 0.1) is 0 Å². The SMILES string of the molecule is CN1CCN(CC(=O)N2Cc3ccc(N=C(c4ccccc4)c4c(O)[nH]c5cc(C(=O)O)ccc45)cc3C2)CC1. The van der Waals surface area contributed by atoms with E-state index in [2.05, 4.69) is 21.8 Å². The largest absolute Gasteiger partial charge is 0.494 e. The van der Waals surface area contributed by atoms with Crippen LogP contribution in [0.15, 0.2) is 71.7 Å². The van der Waals surface area contributed by atoms with Crippen molar-refractivity contribution in [3.05, 3.63) is 94.5 Å². The molecule has 1 amide bonds. The second-order valence-corrected chi connectivity index (χ2v) is 10.5. The third kappa shape index (κ3) is 5.09. The average molecular weight is 538 g/mol. The van der Waals surface area contributed by atoms with E-state index in [-0.39, 0.29) is 17.4 Å². The first-order valence-electron chi connectivity index (χ1n) is 13.4. The number of amides is 1. The Bertz CT molecular complexity index is 1620. The van der Waals surface area contributed by atoms with E-state index >= 15 is 0 Å². The maximum atomic E-state index is 13.1. The van der Waals surface area contributed by atoms with Gasteiger partial charge in [0.15, 0.2) is 5.88 Å². The predicted molar refractivity (Wildman–Crippen MR) is 153 cm³/mol. The number of carbonyl (C=O) groups is 2. The van der Waals surface area contributed by atoms with Crippen LogP contribution in [0.4, 0.5) is 5.69 Å². The normalized spacial score (nSPS) is 16.4.